The minimum Gasteiger partial charge on any atom is -0.496 e. The molecule has 86 valence electrons. The highest BCUT2D eigenvalue weighted by molar-refractivity contribution is 9.10. The fourth-order valence-corrected chi connectivity index (χ4v) is 2.35. The fraction of sp³-hybridized carbons (Fsp3) is 0.417. The lowest BCUT2D eigenvalue weighted by Crippen LogP contribution is -2.11. The third kappa shape index (κ3) is 1.71. The number of carbonyl (C=O) groups excluding carboxylic acids is 1. The Kier molecular flexibility index (Phi) is 2.93. The zero-order valence-corrected chi connectivity index (χ0v) is 10.8. The van der Waals surface area contributed by atoms with Crippen molar-refractivity contribution >= 4 is 22.2 Å². The third-order valence-electron chi connectivity index (χ3n) is 2.98. The van der Waals surface area contributed by atoms with Gasteiger partial charge in [-0.3, -0.25) is 0 Å². The second-order valence-electron chi connectivity index (χ2n) is 3.96. The van der Waals surface area contributed by atoms with Gasteiger partial charge in [-0.25, -0.2) is 0 Å². The van der Waals surface area contributed by atoms with Crippen LogP contribution >= 0.6 is 15.9 Å². The van der Waals surface area contributed by atoms with Crippen LogP contribution in [0.4, 0.5) is 0 Å². The Morgan fingerprint density at radius 1 is 1.25 bits per heavy atom. The first-order chi connectivity index (χ1) is 7.66. The van der Waals surface area contributed by atoms with Crippen molar-refractivity contribution in [3.05, 3.63) is 22.2 Å². The van der Waals surface area contributed by atoms with E-state index in [1.54, 1.807) is 14.2 Å². The van der Waals surface area contributed by atoms with E-state index in [2.05, 4.69) is 15.9 Å². The number of hydrogen-bond donors (Lipinski definition) is 0. The maximum atomic E-state index is 11.2. The number of halogens is 1. The molecule has 2 rings (SSSR count). The van der Waals surface area contributed by atoms with Gasteiger partial charge in [-0.05, 0) is 25.0 Å². The van der Waals surface area contributed by atoms with Gasteiger partial charge in [0.15, 0.2) is 0 Å². The van der Waals surface area contributed by atoms with Crippen LogP contribution in [-0.2, 0) is 10.2 Å². The molecule has 0 heterocycles. The van der Waals surface area contributed by atoms with Crippen molar-refractivity contribution in [2.45, 2.75) is 18.3 Å². The van der Waals surface area contributed by atoms with Crippen LogP contribution in [0.3, 0.4) is 0 Å². The molecule has 0 unspecified atom stereocenters. The number of hydrogen-bond acceptors (Lipinski definition) is 3. The Bertz CT molecular complexity index is 399. The van der Waals surface area contributed by atoms with Crippen LogP contribution in [-0.4, -0.2) is 20.5 Å². The summed E-state index contributed by atoms with van der Waals surface area (Å²) in [5, 5.41) is 0. The molecular weight excluding hydrogens is 272 g/mol. The first-order valence-corrected chi connectivity index (χ1v) is 5.84. The van der Waals surface area contributed by atoms with E-state index in [4.69, 9.17) is 9.47 Å². The van der Waals surface area contributed by atoms with E-state index < -0.39 is 5.41 Å². The average Bonchev–Trinajstić information content (AvgIpc) is 3.08. The first-order valence-electron chi connectivity index (χ1n) is 5.05. The molecule has 1 fully saturated rings. The summed E-state index contributed by atoms with van der Waals surface area (Å²) < 4.78 is 11.5. The zero-order chi connectivity index (χ0) is 11.8. The first kappa shape index (κ1) is 11.5. The molecule has 0 aliphatic heterocycles. The number of ether oxygens (including phenoxy) is 2. The van der Waals surface area contributed by atoms with Crippen molar-refractivity contribution in [2.24, 2.45) is 0 Å². The van der Waals surface area contributed by atoms with E-state index in [9.17, 15) is 4.79 Å². The van der Waals surface area contributed by atoms with Crippen LogP contribution in [0.15, 0.2) is 16.6 Å². The van der Waals surface area contributed by atoms with Crippen molar-refractivity contribution in [1.82, 2.24) is 0 Å². The maximum absolute atomic E-state index is 11.2. The summed E-state index contributed by atoms with van der Waals surface area (Å²) >= 11 is 3.39. The van der Waals surface area contributed by atoms with Gasteiger partial charge in [-0.2, -0.15) is 0 Å². The molecule has 0 radical (unpaired) electrons. The molecule has 0 saturated heterocycles. The predicted molar refractivity (Wildman–Crippen MR) is 64.2 cm³/mol. The Morgan fingerprint density at radius 2 is 1.75 bits per heavy atom. The monoisotopic (exact) mass is 284 g/mol. The second-order valence-corrected chi connectivity index (χ2v) is 4.87. The summed E-state index contributed by atoms with van der Waals surface area (Å²) in [5.41, 5.74) is 0.480. The number of rotatable bonds is 4. The summed E-state index contributed by atoms with van der Waals surface area (Å²) in [4.78, 5) is 11.2. The molecule has 0 amide bonds. The van der Waals surface area contributed by atoms with Gasteiger partial charge in [-0.1, -0.05) is 15.9 Å². The van der Waals surface area contributed by atoms with E-state index in [0.717, 1.165) is 29.2 Å². The normalized spacial score (nSPS) is 16.7. The lowest BCUT2D eigenvalue weighted by Gasteiger charge is -2.17. The van der Waals surface area contributed by atoms with Crippen molar-refractivity contribution in [1.29, 1.82) is 0 Å². The molecule has 1 saturated carbocycles. The standard InChI is InChI=1S/C12H13BrO3/c1-15-9-5-8(13)6-10(16-2)11(9)12(7-14)3-4-12/h5-7H,3-4H2,1-2H3. The summed E-state index contributed by atoms with van der Waals surface area (Å²) in [5.74, 6) is 1.41. The molecule has 0 bridgehead atoms. The van der Waals surface area contributed by atoms with Gasteiger partial charge in [-0.15, -0.1) is 0 Å². The van der Waals surface area contributed by atoms with Crippen LogP contribution in [0.2, 0.25) is 0 Å². The van der Waals surface area contributed by atoms with Gasteiger partial charge in [0.25, 0.3) is 0 Å². The number of methoxy groups -OCH3 is 2. The van der Waals surface area contributed by atoms with Gasteiger partial charge >= 0.3 is 0 Å². The van der Waals surface area contributed by atoms with Gasteiger partial charge < -0.3 is 14.3 Å². The molecule has 0 atom stereocenters. The van der Waals surface area contributed by atoms with Crippen molar-refractivity contribution < 1.29 is 14.3 Å². The zero-order valence-electron chi connectivity index (χ0n) is 9.25. The summed E-state index contributed by atoms with van der Waals surface area (Å²) in [6.45, 7) is 0. The quantitative estimate of drug-likeness (QED) is 0.798. The predicted octanol–water partition coefficient (Wildman–Crippen LogP) is 2.70. The Morgan fingerprint density at radius 3 is 2.06 bits per heavy atom. The molecule has 1 aliphatic rings. The van der Waals surface area contributed by atoms with E-state index in [1.165, 1.54) is 0 Å². The molecule has 1 aliphatic carbocycles. The molecule has 1 aromatic carbocycles. The average molecular weight is 285 g/mol. The molecule has 0 aromatic heterocycles. The lowest BCUT2D eigenvalue weighted by atomic mass is 9.95. The van der Waals surface area contributed by atoms with Crippen LogP contribution in [0, 0.1) is 0 Å². The molecule has 0 spiro atoms. The number of benzene rings is 1. The number of aldehydes is 1. The Labute approximate surface area is 103 Å². The van der Waals surface area contributed by atoms with Gasteiger partial charge in [0.1, 0.15) is 17.8 Å². The van der Waals surface area contributed by atoms with Crippen molar-refractivity contribution in [2.75, 3.05) is 14.2 Å². The highest BCUT2D eigenvalue weighted by Gasteiger charge is 2.48. The van der Waals surface area contributed by atoms with Crippen LogP contribution in [0.1, 0.15) is 18.4 Å². The number of carbonyl (C=O) groups is 1. The third-order valence-corrected chi connectivity index (χ3v) is 3.44. The lowest BCUT2D eigenvalue weighted by molar-refractivity contribution is -0.109. The molecular formula is C12H13BrO3. The van der Waals surface area contributed by atoms with Crippen LogP contribution < -0.4 is 9.47 Å². The van der Waals surface area contributed by atoms with Crippen molar-refractivity contribution in [3.8, 4) is 11.5 Å². The van der Waals surface area contributed by atoms with E-state index in [-0.39, 0.29) is 0 Å². The SMILES string of the molecule is COc1cc(Br)cc(OC)c1C1(C=O)CC1. The molecule has 3 nitrogen and oxygen atoms in total. The largest absolute Gasteiger partial charge is 0.496 e. The Hall–Kier alpha value is -1.03. The van der Waals surface area contributed by atoms with Gasteiger partial charge in [0, 0.05) is 10.0 Å². The molecule has 1 aromatic rings. The smallest absolute Gasteiger partial charge is 0.130 e. The summed E-state index contributed by atoms with van der Waals surface area (Å²) in [6.07, 6.45) is 2.73. The maximum Gasteiger partial charge on any atom is 0.130 e. The molecule has 0 N–H and O–H groups in total. The molecule has 4 heteroatoms. The summed E-state index contributed by atoms with van der Waals surface area (Å²) in [6, 6.07) is 3.73. The van der Waals surface area contributed by atoms with E-state index in [0.29, 0.717) is 11.5 Å². The highest BCUT2D eigenvalue weighted by atomic mass is 79.9. The minimum atomic E-state index is -0.391. The van der Waals surface area contributed by atoms with E-state index in [1.807, 2.05) is 12.1 Å². The topological polar surface area (TPSA) is 35.5 Å². The van der Waals surface area contributed by atoms with Crippen LogP contribution in [0.5, 0.6) is 11.5 Å². The molecule has 16 heavy (non-hydrogen) atoms. The van der Waals surface area contributed by atoms with Gasteiger partial charge in [0.2, 0.25) is 0 Å². The van der Waals surface area contributed by atoms with E-state index >= 15 is 0 Å². The summed E-state index contributed by atoms with van der Waals surface area (Å²) in [7, 11) is 3.21. The highest BCUT2D eigenvalue weighted by Crippen LogP contribution is 2.53. The fourth-order valence-electron chi connectivity index (χ4n) is 1.93. The van der Waals surface area contributed by atoms with Gasteiger partial charge in [0.05, 0.1) is 19.6 Å². The van der Waals surface area contributed by atoms with Crippen molar-refractivity contribution in [3.63, 3.8) is 0 Å². The second kappa shape index (κ2) is 4.09. The minimum absolute atomic E-state index is 0.391. The van der Waals surface area contributed by atoms with Crippen LogP contribution in [0.25, 0.3) is 0 Å². The Balaban J connectivity index is 2.61.